The lowest BCUT2D eigenvalue weighted by atomic mass is 10.1. The molecule has 1 saturated heterocycles. The standard InChI is InChI=1S/C22H35N7O/c1-3-23-22(24-12-4-5-13-28-17-26-27-18-28)25-16-21(29-14-6-7-15-29)19-8-10-20(30-2)11-9-19/h8-11,17-18,21H,3-7,12-16H2,1-2H3,(H2,23,24,25). The predicted molar refractivity (Wildman–Crippen MR) is 120 cm³/mol. The summed E-state index contributed by atoms with van der Waals surface area (Å²) in [5, 5.41) is 14.5. The maximum Gasteiger partial charge on any atom is 0.191 e. The van der Waals surface area contributed by atoms with Crippen LogP contribution < -0.4 is 15.4 Å². The minimum absolute atomic E-state index is 0.294. The summed E-state index contributed by atoms with van der Waals surface area (Å²) in [6.07, 6.45) is 8.19. The van der Waals surface area contributed by atoms with E-state index in [0.29, 0.717) is 6.04 Å². The first-order valence-electron chi connectivity index (χ1n) is 11.0. The summed E-state index contributed by atoms with van der Waals surface area (Å²) in [6, 6.07) is 8.72. The van der Waals surface area contributed by atoms with Crippen LogP contribution in [0.3, 0.4) is 0 Å². The fraction of sp³-hybridized carbons (Fsp3) is 0.591. The summed E-state index contributed by atoms with van der Waals surface area (Å²) >= 11 is 0. The van der Waals surface area contributed by atoms with E-state index in [1.54, 1.807) is 19.8 Å². The molecule has 30 heavy (non-hydrogen) atoms. The third kappa shape index (κ3) is 6.73. The monoisotopic (exact) mass is 413 g/mol. The van der Waals surface area contributed by atoms with Crippen LogP contribution in [0.25, 0.3) is 0 Å². The van der Waals surface area contributed by atoms with Crippen LogP contribution in [-0.4, -0.2) is 65.5 Å². The largest absolute Gasteiger partial charge is 0.497 e. The van der Waals surface area contributed by atoms with Crippen molar-refractivity contribution in [1.29, 1.82) is 0 Å². The van der Waals surface area contributed by atoms with Gasteiger partial charge >= 0.3 is 0 Å². The molecule has 1 aliphatic heterocycles. The van der Waals surface area contributed by atoms with Gasteiger partial charge in [0.15, 0.2) is 5.96 Å². The fourth-order valence-corrected chi connectivity index (χ4v) is 3.79. The van der Waals surface area contributed by atoms with Gasteiger partial charge in [-0.25, -0.2) is 0 Å². The topological polar surface area (TPSA) is 79.6 Å². The third-order valence-corrected chi connectivity index (χ3v) is 5.45. The molecule has 1 aromatic heterocycles. The smallest absolute Gasteiger partial charge is 0.191 e. The van der Waals surface area contributed by atoms with Crippen molar-refractivity contribution in [2.24, 2.45) is 4.99 Å². The molecule has 1 aromatic carbocycles. The van der Waals surface area contributed by atoms with E-state index in [4.69, 9.17) is 9.73 Å². The number of aryl methyl sites for hydroxylation is 1. The molecule has 2 heterocycles. The van der Waals surface area contributed by atoms with Crippen LogP contribution in [-0.2, 0) is 6.54 Å². The maximum atomic E-state index is 5.32. The Morgan fingerprint density at radius 1 is 1.10 bits per heavy atom. The number of aromatic nitrogens is 3. The van der Waals surface area contributed by atoms with Gasteiger partial charge in [0.2, 0.25) is 0 Å². The Bertz CT molecular complexity index is 739. The Hall–Kier alpha value is -2.61. The molecule has 1 aliphatic rings. The van der Waals surface area contributed by atoms with Gasteiger partial charge in [-0.2, -0.15) is 0 Å². The zero-order valence-electron chi connectivity index (χ0n) is 18.3. The van der Waals surface area contributed by atoms with Gasteiger partial charge in [0.1, 0.15) is 18.4 Å². The Labute approximate surface area is 179 Å². The van der Waals surface area contributed by atoms with E-state index in [-0.39, 0.29) is 0 Å². The van der Waals surface area contributed by atoms with Crippen molar-refractivity contribution in [1.82, 2.24) is 30.3 Å². The molecule has 2 aromatic rings. The van der Waals surface area contributed by atoms with E-state index in [9.17, 15) is 0 Å². The van der Waals surface area contributed by atoms with Crippen LogP contribution >= 0.6 is 0 Å². The number of hydrogen-bond acceptors (Lipinski definition) is 5. The van der Waals surface area contributed by atoms with Gasteiger partial charge in [-0.1, -0.05) is 12.1 Å². The molecular weight excluding hydrogens is 378 g/mol. The Balaban J connectivity index is 1.55. The zero-order valence-corrected chi connectivity index (χ0v) is 18.3. The van der Waals surface area contributed by atoms with Gasteiger partial charge in [0.25, 0.3) is 0 Å². The number of guanidine groups is 1. The third-order valence-electron chi connectivity index (χ3n) is 5.45. The molecule has 0 amide bonds. The SMILES string of the molecule is CCNC(=NCC(c1ccc(OC)cc1)N1CCCC1)NCCCCn1cnnc1. The van der Waals surface area contributed by atoms with Crippen molar-refractivity contribution >= 4 is 5.96 Å². The lowest BCUT2D eigenvalue weighted by molar-refractivity contribution is 0.251. The quantitative estimate of drug-likeness (QED) is 0.335. The molecule has 0 aliphatic carbocycles. The molecule has 0 radical (unpaired) electrons. The number of nitrogens with one attached hydrogen (secondary N) is 2. The van der Waals surface area contributed by atoms with Gasteiger partial charge < -0.3 is 19.9 Å². The lowest BCUT2D eigenvalue weighted by Gasteiger charge is -2.27. The average molecular weight is 414 g/mol. The van der Waals surface area contributed by atoms with Crippen LogP contribution in [0.1, 0.15) is 44.2 Å². The molecule has 1 atom stereocenters. The number of benzene rings is 1. The van der Waals surface area contributed by atoms with Crippen molar-refractivity contribution in [2.75, 3.05) is 39.8 Å². The van der Waals surface area contributed by atoms with E-state index < -0.39 is 0 Å². The molecule has 0 bridgehead atoms. The fourth-order valence-electron chi connectivity index (χ4n) is 3.79. The van der Waals surface area contributed by atoms with Crippen LogP contribution in [0.15, 0.2) is 41.9 Å². The van der Waals surface area contributed by atoms with E-state index in [2.05, 4.69) is 44.8 Å². The van der Waals surface area contributed by atoms with E-state index >= 15 is 0 Å². The summed E-state index contributed by atoms with van der Waals surface area (Å²) in [5.41, 5.74) is 1.30. The average Bonchev–Trinajstić information content (AvgIpc) is 3.48. The van der Waals surface area contributed by atoms with Crippen molar-refractivity contribution in [2.45, 2.75) is 45.2 Å². The van der Waals surface area contributed by atoms with Gasteiger partial charge in [0, 0.05) is 19.6 Å². The zero-order chi connectivity index (χ0) is 21.0. The summed E-state index contributed by atoms with van der Waals surface area (Å²) in [5.74, 6) is 1.78. The van der Waals surface area contributed by atoms with Crippen molar-refractivity contribution in [3.63, 3.8) is 0 Å². The van der Waals surface area contributed by atoms with Crippen LogP contribution in [0, 0.1) is 0 Å². The Morgan fingerprint density at radius 3 is 2.50 bits per heavy atom. The van der Waals surface area contributed by atoms with Crippen LogP contribution in [0.5, 0.6) is 5.75 Å². The molecule has 8 heteroatoms. The molecule has 164 valence electrons. The van der Waals surface area contributed by atoms with E-state index in [1.165, 1.54) is 18.4 Å². The number of methoxy groups -OCH3 is 1. The van der Waals surface area contributed by atoms with Gasteiger partial charge in [-0.05, 0) is 63.4 Å². The summed E-state index contributed by atoms with van der Waals surface area (Å²) < 4.78 is 7.33. The summed E-state index contributed by atoms with van der Waals surface area (Å²) in [6.45, 7) is 7.80. The van der Waals surface area contributed by atoms with Crippen LogP contribution in [0.4, 0.5) is 0 Å². The number of nitrogens with zero attached hydrogens (tertiary/aromatic N) is 5. The number of likely N-dealkylation sites (tertiary alicyclic amines) is 1. The summed E-state index contributed by atoms with van der Waals surface area (Å²) in [4.78, 5) is 7.47. The Morgan fingerprint density at radius 2 is 1.83 bits per heavy atom. The number of unbranched alkanes of at least 4 members (excludes halogenated alkanes) is 1. The normalized spacial score (nSPS) is 15.9. The Kier molecular flexibility index (Phi) is 8.96. The highest BCUT2D eigenvalue weighted by Gasteiger charge is 2.23. The molecule has 8 nitrogen and oxygen atoms in total. The van der Waals surface area contributed by atoms with Crippen molar-refractivity contribution in [3.05, 3.63) is 42.5 Å². The molecule has 0 spiro atoms. The first-order chi connectivity index (χ1) is 14.8. The first-order valence-corrected chi connectivity index (χ1v) is 11.0. The highest BCUT2D eigenvalue weighted by atomic mass is 16.5. The van der Waals surface area contributed by atoms with Crippen molar-refractivity contribution in [3.8, 4) is 5.75 Å². The summed E-state index contributed by atoms with van der Waals surface area (Å²) in [7, 11) is 1.71. The van der Waals surface area contributed by atoms with E-state index in [1.807, 2.05) is 16.7 Å². The van der Waals surface area contributed by atoms with Gasteiger partial charge in [-0.3, -0.25) is 9.89 Å². The minimum Gasteiger partial charge on any atom is -0.497 e. The molecule has 0 saturated carbocycles. The predicted octanol–water partition coefficient (Wildman–Crippen LogP) is 2.46. The van der Waals surface area contributed by atoms with Crippen molar-refractivity contribution < 1.29 is 4.74 Å². The van der Waals surface area contributed by atoms with Gasteiger partial charge in [-0.15, -0.1) is 10.2 Å². The lowest BCUT2D eigenvalue weighted by Crippen LogP contribution is -2.39. The molecule has 1 fully saturated rings. The van der Waals surface area contributed by atoms with Crippen LogP contribution in [0.2, 0.25) is 0 Å². The highest BCUT2D eigenvalue weighted by molar-refractivity contribution is 5.79. The van der Waals surface area contributed by atoms with Gasteiger partial charge in [0.05, 0.1) is 19.7 Å². The number of hydrogen-bond donors (Lipinski definition) is 2. The molecule has 2 N–H and O–H groups in total. The molecule has 3 rings (SSSR count). The molecule has 1 unspecified atom stereocenters. The number of aliphatic imine (C=N–C) groups is 1. The highest BCUT2D eigenvalue weighted by Crippen LogP contribution is 2.27. The second kappa shape index (κ2) is 12.2. The minimum atomic E-state index is 0.294. The first kappa shape index (κ1) is 22.1. The number of ether oxygens (including phenoxy) is 1. The maximum absolute atomic E-state index is 5.32. The molecular formula is C22H35N7O. The number of rotatable bonds is 11. The van der Waals surface area contributed by atoms with E-state index in [0.717, 1.165) is 63.8 Å². The second-order valence-electron chi connectivity index (χ2n) is 7.59. The second-order valence-corrected chi connectivity index (χ2v) is 7.59.